The number of hydrogen-bond acceptors (Lipinski definition) is 7. The lowest BCUT2D eigenvalue weighted by molar-refractivity contribution is -0.147. The smallest absolute Gasteiger partial charge is 0.379 e. The first-order chi connectivity index (χ1) is 16.8. The molecule has 3 heterocycles. The molecule has 1 amide bonds. The lowest BCUT2D eigenvalue weighted by atomic mass is 9.84. The van der Waals surface area contributed by atoms with Crippen LogP contribution in [0.5, 0.6) is 0 Å². The zero-order chi connectivity index (χ0) is 25.1. The number of ether oxygens (including phenoxy) is 3. The van der Waals surface area contributed by atoms with Gasteiger partial charge >= 0.3 is 6.18 Å². The highest BCUT2D eigenvalue weighted by atomic mass is 19.4. The lowest BCUT2D eigenvalue weighted by Gasteiger charge is -2.37. The Hall–Kier alpha value is -1.79. The maximum atomic E-state index is 13.9. The number of methoxy groups -OCH3 is 1. The highest BCUT2D eigenvalue weighted by molar-refractivity contribution is 5.83. The molecule has 4 atom stereocenters. The summed E-state index contributed by atoms with van der Waals surface area (Å²) in [6, 6.07) is 1.37. The first-order valence-electron chi connectivity index (χ1n) is 12.2. The molecule has 4 rings (SSSR count). The number of hydrogen-bond donors (Lipinski definition) is 2. The SMILES string of the molecule is COC1COCCC1NC1CCC(COCCN)(C(=O)N2CCc3ncc(C(F)(F)F)cc3C2)C1. The van der Waals surface area contributed by atoms with Crippen LogP contribution < -0.4 is 11.1 Å². The summed E-state index contributed by atoms with van der Waals surface area (Å²) in [5, 5.41) is 3.67. The molecule has 1 aliphatic carbocycles. The Labute approximate surface area is 203 Å². The number of halogens is 3. The van der Waals surface area contributed by atoms with Crippen molar-refractivity contribution in [3.8, 4) is 0 Å². The number of carbonyl (C=O) groups excluding carboxylic acids is 1. The molecule has 4 unspecified atom stereocenters. The Balaban J connectivity index is 1.48. The van der Waals surface area contributed by atoms with Gasteiger partial charge in [0, 0.05) is 63.7 Å². The summed E-state index contributed by atoms with van der Waals surface area (Å²) in [6.45, 7) is 2.68. The van der Waals surface area contributed by atoms with Gasteiger partial charge in [0.15, 0.2) is 0 Å². The third-order valence-corrected chi connectivity index (χ3v) is 7.41. The molecule has 1 saturated heterocycles. The zero-order valence-corrected chi connectivity index (χ0v) is 20.1. The van der Waals surface area contributed by atoms with Crippen molar-refractivity contribution in [3.63, 3.8) is 0 Å². The summed E-state index contributed by atoms with van der Waals surface area (Å²) in [5.41, 5.74) is 5.14. The number of pyridine rings is 1. The van der Waals surface area contributed by atoms with Crippen LogP contribution in [0.3, 0.4) is 0 Å². The maximum Gasteiger partial charge on any atom is 0.417 e. The second-order valence-electron chi connectivity index (χ2n) is 9.78. The van der Waals surface area contributed by atoms with Crippen LogP contribution in [0, 0.1) is 5.41 Å². The van der Waals surface area contributed by atoms with Gasteiger partial charge in [-0.25, -0.2) is 0 Å². The van der Waals surface area contributed by atoms with Gasteiger partial charge < -0.3 is 30.2 Å². The Kier molecular flexibility index (Phi) is 8.32. The molecular weight excluding hydrogens is 465 g/mol. The molecule has 3 aliphatic rings. The molecule has 0 bridgehead atoms. The fourth-order valence-corrected chi connectivity index (χ4v) is 5.53. The van der Waals surface area contributed by atoms with E-state index < -0.39 is 17.2 Å². The quantitative estimate of drug-likeness (QED) is 0.526. The van der Waals surface area contributed by atoms with Gasteiger partial charge in [-0.15, -0.1) is 0 Å². The van der Waals surface area contributed by atoms with E-state index in [1.165, 1.54) is 0 Å². The van der Waals surface area contributed by atoms with Crippen LogP contribution in [0.2, 0.25) is 0 Å². The minimum Gasteiger partial charge on any atom is -0.379 e. The Morgan fingerprint density at radius 1 is 1.40 bits per heavy atom. The average Bonchev–Trinajstić information content (AvgIpc) is 3.26. The van der Waals surface area contributed by atoms with Crippen LogP contribution in [0.15, 0.2) is 12.3 Å². The van der Waals surface area contributed by atoms with Gasteiger partial charge in [0.25, 0.3) is 0 Å². The number of nitrogens with two attached hydrogens (primary N) is 1. The van der Waals surface area contributed by atoms with E-state index >= 15 is 0 Å². The molecule has 0 spiro atoms. The van der Waals surface area contributed by atoms with E-state index in [1.54, 1.807) is 12.0 Å². The third-order valence-electron chi connectivity index (χ3n) is 7.41. The number of nitrogens with zero attached hydrogens (tertiary/aromatic N) is 2. The van der Waals surface area contributed by atoms with Crippen molar-refractivity contribution in [2.75, 3.05) is 46.6 Å². The van der Waals surface area contributed by atoms with E-state index in [2.05, 4.69) is 10.3 Å². The van der Waals surface area contributed by atoms with Gasteiger partial charge in [-0.2, -0.15) is 13.2 Å². The van der Waals surface area contributed by atoms with Crippen LogP contribution >= 0.6 is 0 Å². The Morgan fingerprint density at radius 3 is 2.97 bits per heavy atom. The summed E-state index contributed by atoms with van der Waals surface area (Å²) >= 11 is 0. The van der Waals surface area contributed by atoms with Crippen LogP contribution in [-0.4, -0.2) is 80.6 Å². The van der Waals surface area contributed by atoms with Crippen molar-refractivity contribution in [2.45, 2.75) is 63.0 Å². The van der Waals surface area contributed by atoms with Crippen molar-refractivity contribution in [2.24, 2.45) is 11.1 Å². The number of amides is 1. The molecule has 0 aromatic carbocycles. The molecule has 1 aromatic heterocycles. The number of fused-ring (bicyclic) bond motifs is 1. The van der Waals surface area contributed by atoms with E-state index in [9.17, 15) is 18.0 Å². The van der Waals surface area contributed by atoms with E-state index in [4.69, 9.17) is 19.9 Å². The minimum absolute atomic E-state index is 0.0446. The van der Waals surface area contributed by atoms with Gasteiger partial charge in [-0.3, -0.25) is 9.78 Å². The molecular formula is C24H35F3N4O4. The van der Waals surface area contributed by atoms with Crippen molar-refractivity contribution in [1.82, 2.24) is 15.2 Å². The molecule has 8 nitrogen and oxygen atoms in total. The van der Waals surface area contributed by atoms with Gasteiger partial charge in [-0.1, -0.05) is 0 Å². The predicted molar refractivity (Wildman–Crippen MR) is 121 cm³/mol. The number of carbonyl (C=O) groups is 1. The second kappa shape index (κ2) is 11.1. The molecule has 0 radical (unpaired) electrons. The summed E-state index contributed by atoms with van der Waals surface area (Å²) in [4.78, 5) is 19.6. The average molecular weight is 501 g/mol. The zero-order valence-electron chi connectivity index (χ0n) is 20.1. The molecule has 3 N–H and O–H groups in total. The van der Waals surface area contributed by atoms with E-state index in [1.807, 2.05) is 0 Å². The molecule has 1 saturated carbocycles. The second-order valence-corrected chi connectivity index (χ2v) is 9.78. The normalized spacial score (nSPS) is 29.3. The Bertz CT molecular complexity index is 887. The third kappa shape index (κ3) is 5.96. The molecule has 2 aliphatic heterocycles. The van der Waals surface area contributed by atoms with Gasteiger partial charge in [-0.05, 0) is 37.3 Å². The van der Waals surface area contributed by atoms with Gasteiger partial charge in [0.1, 0.15) is 0 Å². The highest BCUT2D eigenvalue weighted by Crippen LogP contribution is 2.42. The number of alkyl halides is 3. The molecule has 1 aromatic rings. The van der Waals surface area contributed by atoms with Crippen molar-refractivity contribution in [3.05, 3.63) is 29.1 Å². The van der Waals surface area contributed by atoms with Crippen LogP contribution in [0.1, 0.15) is 42.5 Å². The summed E-state index contributed by atoms with van der Waals surface area (Å²) in [7, 11) is 1.67. The fourth-order valence-electron chi connectivity index (χ4n) is 5.53. The lowest BCUT2D eigenvalue weighted by Crippen LogP contribution is -2.52. The van der Waals surface area contributed by atoms with Crippen LogP contribution in [0.25, 0.3) is 0 Å². The summed E-state index contributed by atoms with van der Waals surface area (Å²) in [5.74, 6) is -0.0721. The highest BCUT2D eigenvalue weighted by Gasteiger charge is 2.48. The molecule has 35 heavy (non-hydrogen) atoms. The topological polar surface area (TPSA) is 98.9 Å². The van der Waals surface area contributed by atoms with Crippen molar-refractivity contribution >= 4 is 5.91 Å². The van der Waals surface area contributed by atoms with Crippen LogP contribution in [0.4, 0.5) is 13.2 Å². The molecule has 11 heteroatoms. The molecule has 2 fully saturated rings. The van der Waals surface area contributed by atoms with Crippen molar-refractivity contribution in [1.29, 1.82) is 0 Å². The fraction of sp³-hybridized carbons (Fsp3) is 0.750. The number of rotatable bonds is 8. The standard InChI is InChI=1S/C24H35F3N4O4/c1-33-21-14-34-8-4-20(21)30-18-2-5-23(11-18,15-35-9-6-28)22(32)31-7-3-19-16(13-31)10-17(12-29-19)24(25,26)27/h10,12,18,20-21,30H,2-9,11,13-15,28H2,1H3. The maximum absolute atomic E-state index is 13.9. The number of aromatic nitrogens is 1. The Morgan fingerprint density at radius 2 is 2.23 bits per heavy atom. The largest absolute Gasteiger partial charge is 0.417 e. The van der Waals surface area contributed by atoms with Crippen molar-refractivity contribution < 1.29 is 32.2 Å². The van der Waals surface area contributed by atoms with E-state index in [0.717, 1.165) is 25.1 Å². The summed E-state index contributed by atoms with van der Waals surface area (Å²) < 4.78 is 56.5. The first kappa shape index (κ1) is 26.3. The van der Waals surface area contributed by atoms with E-state index in [-0.39, 0.29) is 37.2 Å². The summed E-state index contributed by atoms with van der Waals surface area (Å²) in [6.07, 6.45) is -0.356. The monoisotopic (exact) mass is 500 g/mol. The molecule has 196 valence electrons. The van der Waals surface area contributed by atoms with Crippen LogP contribution in [-0.2, 0) is 38.1 Å². The number of nitrogens with one attached hydrogen (secondary N) is 1. The van der Waals surface area contributed by atoms with E-state index in [0.29, 0.717) is 63.4 Å². The minimum atomic E-state index is -4.47. The van der Waals surface area contributed by atoms with Gasteiger partial charge in [0.2, 0.25) is 5.91 Å². The first-order valence-corrected chi connectivity index (χ1v) is 12.2. The van der Waals surface area contributed by atoms with Gasteiger partial charge in [0.05, 0.1) is 36.9 Å². The predicted octanol–water partition coefficient (Wildman–Crippen LogP) is 1.89.